The van der Waals surface area contributed by atoms with Gasteiger partial charge in [-0.15, -0.1) is 11.6 Å². The average Bonchev–Trinajstić information content (AvgIpc) is 3.12. The minimum Gasteiger partial charge on any atom is -0.387 e. The van der Waals surface area contributed by atoms with Crippen molar-refractivity contribution in [3.05, 3.63) is 47.5 Å². The molecule has 4 nitrogen and oxygen atoms in total. The van der Waals surface area contributed by atoms with Gasteiger partial charge in [-0.25, -0.2) is 4.98 Å². The molecule has 3 rings (SSSR count). The maximum Gasteiger partial charge on any atom is 0.137 e. The van der Waals surface area contributed by atoms with Crippen LogP contribution in [-0.4, -0.2) is 31.4 Å². The zero-order valence-corrected chi connectivity index (χ0v) is 14.6. The van der Waals surface area contributed by atoms with E-state index in [0.717, 1.165) is 24.3 Å². The number of halogens is 2. The molecule has 1 aromatic heterocycles. The van der Waals surface area contributed by atoms with Gasteiger partial charge in [0.15, 0.2) is 0 Å². The Hall–Kier alpha value is -1.10. The van der Waals surface area contributed by atoms with Crippen LogP contribution in [0, 0.1) is 11.3 Å². The Kier molecular flexibility index (Phi) is 4.68. The fourth-order valence-electron chi connectivity index (χ4n) is 3.68. The van der Waals surface area contributed by atoms with Gasteiger partial charge in [0.2, 0.25) is 0 Å². The topological polar surface area (TPSA) is 50.9 Å². The highest BCUT2D eigenvalue weighted by Crippen LogP contribution is 2.52. The summed E-state index contributed by atoms with van der Waals surface area (Å²) in [6.07, 6.45) is 5.78. The van der Waals surface area contributed by atoms with Crippen LogP contribution in [0.4, 0.5) is 0 Å². The third-order valence-corrected chi connectivity index (χ3v) is 6.17. The molecule has 1 unspecified atom stereocenters. The van der Waals surface area contributed by atoms with Crippen molar-refractivity contribution in [2.24, 2.45) is 11.3 Å². The Balaban J connectivity index is 1.87. The van der Waals surface area contributed by atoms with Crippen molar-refractivity contribution in [3.63, 3.8) is 0 Å². The van der Waals surface area contributed by atoms with Gasteiger partial charge >= 0.3 is 0 Å². The SMILES string of the molecule is C[C@]1(CCl)CC[C@H](Cc2ccc(Cl)cc2)C1(O)Cn1cncn1. The molecular weight excluding hydrogens is 333 g/mol. The van der Waals surface area contributed by atoms with Crippen LogP contribution >= 0.6 is 23.2 Å². The van der Waals surface area contributed by atoms with E-state index in [-0.39, 0.29) is 11.3 Å². The maximum atomic E-state index is 11.6. The van der Waals surface area contributed by atoms with Crippen molar-refractivity contribution >= 4 is 23.2 Å². The molecule has 0 saturated heterocycles. The molecule has 0 bridgehead atoms. The van der Waals surface area contributed by atoms with Gasteiger partial charge in [-0.2, -0.15) is 5.10 Å². The molecule has 0 radical (unpaired) electrons. The van der Waals surface area contributed by atoms with Gasteiger partial charge in [-0.05, 0) is 42.9 Å². The molecule has 0 aliphatic heterocycles. The fraction of sp³-hybridized carbons (Fsp3) is 0.529. The van der Waals surface area contributed by atoms with E-state index in [9.17, 15) is 5.11 Å². The van der Waals surface area contributed by atoms with Gasteiger partial charge in [0.1, 0.15) is 12.7 Å². The summed E-state index contributed by atoms with van der Waals surface area (Å²) >= 11 is 12.2. The van der Waals surface area contributed by atoms with E-state index in [1.54, 1.807) is 11.0 Å². The first-order valence-corrected chi connectivity index (χ1v) is 8.73. The van der Waals surface area contributed by atoms with Gasteiger partial charge in [-0.1, -0.05) is 30.7 Å². The highest BCUT2D eigenvalue weighted by molar-refractivity contribution is 6.30. The molecular formula is C17H21Cl2N3O. The largest absolute Gasteiger partial charge is 0.387 e. The lowest BCUT2D eigenvalue weighted by atomic mass is 9.72. The highest BCUT2D eigenvalue weighted by Gasteiger charge is 2.56. The second-order valence-electron chi connectivity index (χ2n) is 6.78. The third-order valence-electron chi connectivity index (χ3n) is 5.33. The number of benzene rings is 1. The maximum absolute atomic E-state index is 11.6. The zero-order chi connectivity index (χ0) is 16.5. The lowest BCUT2D eigenvalue weighted by Crippen LogP contribution is -2.51. The first kappa shape index (κ1) is 16.7. The van der Waals surface area contributed by atoms with Crippen LogP contribution in [0.2, 0.25) is 5.02 Å². The summed E-state index contributed by atoms with van der Waals surface area (Å²) in [4.78, 5) is 3.98. The van der Waals surface area contributed by atoms with E-state index in [2.05, 4.69) is 17.0 Å². The molecule has 1 aliphatic carbocycles. The van der Waals surface area contributed by atoms with Crippen LogP contribution in [0.1, 0.15) is 25.3 Å². The number of hydrogen-bond donors (Lipinski definition) is 1. The van der Waals surface area contributed by atoms with Crippen molar-refractivity contribution in [3.8, 4) is 0 Å². The van der Waals surface area contributed by atoms with Gasteiger partial charge in [0.25, 0.3) is 0 Å². The van der Waals surface area contributed by atoms with E-state index in [1.807, 2.05) is 24.3 Å². The average molecular weight is 354 g/mol. The van der Waals surface area contributed by atoms with Gasteiger partial charge in [0, 0.05) is 16.3 Å². The molecule has 1 saturated carbocycles. The Bertz CT molecular complexity index is 646. The molecule has 3 atom stereocenters. The van der Waals surface area contributed by atoms with Crippen LogP contribution < -0.4 is 0 Å². The summed E-state index contributed by atoms with van der Waals surface area (Å²) < 4.78 is 1.70. The summed E-state index contributed by atoms with van der Waals surface area (Å²) in [5.41, 5.74) is -0.0742. The Morgan fingerprint density at radius 2 is 2.09 bits per heavy atom. The summed E-state index contributed by atoms with van der Waals surface area (Å²) in [5.74, 6) is 0.548. The summed E-state index contributed by atoms with van der Waals surface area (Å²) in [6, 6.07) is 7.83. The minimum absolute atomic E-state index is 0.122. The minimum atomic E-state index is -0.915. The van der Waals surface area contributed by atoms with Gasteiger partial charge in [-0.3, -0.25) is 4.68 Å². The molecule has 1 heterocycles. The first-order chi connectivity index (χ1) is 11.0. The van der Waals surface area contributed by atoms with Crippen LogP contribution in [0.15, 0.2) is 36.9 Å². The Morgan fingerprint density at radius 1 is 1.35 bits per heavy atom. The number of aliphatic hydroxyl groups is 1. The third kappa shape index (κ3) is 3.12. The summed E-state index contributed by atoms with van der Waals surface area (Å²) in [7, 11) is 0. The van der Waals surface area contributed by atoms with Crippen LogP contribution in [0.25, 0.3) is 0 Å². The number of aromatic nitrogens is 3. The predicted octanol–water partition coefficient (Wildman–Crippen LogP) is 3.56. The normalized spacial score (nSPS) is 30.7. The molecule has 1 fully saturated rings. The van der Waals surface area contributed by atoms with E-state index in [1.165, 1.54) is 11.9 Å². The highest BCUT2D eigenvalue weighted by atomic mass is 35.5. The van der Waals surface area contributed by atoms with E-state index in [4.69, 9.17) is 23.2 Å². The first-order valence-electron chi connectivity index (χ1n) is 7.82. The molecule has 1 aromatic carbocycles. The molecule has 1 aliphatic rings. The number of hydrogen-bond acceptors (Lipinski definition) is 3. The van der Waals surface area contributed by atoms with Crippen molar-refractivity contribution in [2.75, 3.05) is 5.88 Å². The summed E-state index contributed by atoms with van der Waals surface area (Å²) in [6.45, 7) is 2.48. The van der Waals surface area contributed by atoms with Crippen molar-refractivity contribution < 1.29 is 5.11 Å². The number of nitrogens with zero attached hydrogens (tertiary/aromatic N) is 3. The van der Waals surface area contributed by atoms with Crippen LogP contribution in [0.5, 0.6) is 0 Å². The van der Waals surface area contributed by atoms with E-state index in [0.29, 0.717) is 12.4 Å². The van der Waals surface area contributed by atoms with Gasteiger partial charge in [0.05, 0.1) is 12.1 Å². The molecule has 23 heavy (non-hydrogen) atoms. The van der Waals surface area contributed by atoms with Gasteiger partial charge < -0.3 is 5.11 Å². The quantitative estimate of drug-likeness (QED) is 0.836. The van der Waals surface area contributed by atoms with Crippen molar-refractivity contribution in [1.82, 2.24) is 14.8 Å². The zero-order valence-electron chi connectivity index (χ0n) is 13.1. The smallest absolute Gasteiger partial charge is 0.137 e. The molecule has 2 aromatic rings. The van der Waals surface area contributed by atoms with Crippen LogP contribution in [-0.2, 0) is 13.0 Å². The molecule has 1 N–H and O–H groups in total. The standard InChI is InChI=1S/C17H21Cl2N3O/c1-16(9-18)7-6-14(8-13-2-4-15(19)5-3-13)17(16,23)10-22-12-20-11-21-22/h2-5,11-12,14,23H,6-10H2,1H3/t14-,16-,17?/m1/s1. The second kappa shape index (κ2) is 6.42. The Labute approximate surface area is 146 Å². The van der Waals surface area contributed by atoms with Crippen molar-refractivity contribution in [1.29, 1.82) is 0 Å². The predicted molar refractivity (Wildman–Crippen MR) is 91.7 cm³/mol. The fourth-order valence-corrected chi connectivity index (χ4v) is 4.17. The molecule has 124 valence electrons. The van der Waals surface area contributed by atoms with E-state index < -0.39 is 5.60 Å². The van der Waals surface area contributed by atoms with E-state index >= 15 is 0 Å². The molecule has 6 heteroatoms. The number of rotatable bonds is 5. The lowest BCUT2D eigenvalue weighted by Gasteiger charge is -2.42. The molecule has 0 amide bonds. The Morgan fingerprint density at radius 3 is 2.70 bits per heavy atom. The van der Waals surface area contributed by atoms with Crippen molar-refractivity contribution in [2.45, 2.75) is 38.3 Å². The second-order valence-corrected chi connectivity index (χ2v) is 7.48. The molecule has 0 spiro atoms. The summed E-state index contributed by atoms with van der Waals surface area (Å²) in [5, 5.41) is 16.4. The monoisotopic (exact) mass is 353 g/mol. The van der Waals surface area contributed by atoms with Crippen LogP contribution in [0.3, 0.4) is 0 Å². The number of alkyl halides is 1. The lowest BCUT2D eigenvalue weighted by molar-refractivity contribution is -0.0891.